The number of ether oxygens (including phenoxy) is 2. The summed E-state index contributed by atoms with van der Waals surface area (Å²) in [6.07, 6.45) is 33.1. The number of carboxylic acids is 1. The summed E-state index contributed by atoms with van der Waals surface area (Å²) in [5.74, 6) is -2.36. The Balaban J connectivity index is 4.32. The number of carbonyl (C=O) groups excluding carboxylic acids is 2. The normalized spacial score (nSPS) is 13.8. The summed E-state index contributed by atoms with van der Waals surface area (Å²) in [4.78, 5) is 45.8. The first kappa shape index (κ1) is 50.5. The molecule has 0 rings (SSSR count). The van der Waals surface area contributed by atoms with Crippen molar-refractivity contribution in [3.05, 3.63) is 0 Å². The second-order valence-corrected chi connectivity index (χ2v) is 15.9. The molecule has 52 heavy (non-hydrogen) atoms. The van der Waals surface area contributed by atoms with E-state index in [9.17, 15) is 23.8 Å². The van der Waals surface area contributed by atoms with Crippen LogP contribution in [0.25, 0.3) is 0 Å². The summed E-state index contributed by atoms with van der Waals surface area (Å²) < 4.78 is 32.6. The largest absolute Gasteiger partial charge is 0.480 e. The highest BCUT2D eigenvalue weighted by Crippen LogP contribution is 2.43. The van der Waals surface area contributed by atoms with Crippen LogP contribution in [0.2, 0.25) is 0 Å². The standard InChI is InChI=1S/C40H78NO10P/c1-3-5-7-9-11-13-15-16-17-18-19-20-22-24-26-28-30-32-39(43)51-36(34-49-52(46,47)50-35-37(41)40(44)45)33-48-38(42)31-29-27-25-23-21-14-12-10-8-6-4-2/h36-37H,3-35,41H2,1-2H3,(H,44,45)(H,46,47). The molecule has 4 N–H and O–H groups in total. The van der Waals surface area contributed by atoms with Crippen molar-refractivity contribution in [1.29, 1.82) is 0 Å². The van der Waals surface area contributed by atoms with Crippen LogP contribution < -0.4 is 5.73 Å². The lowest BCUT2D eigenvalue weighted by molar-refractivity contribution is -0.161. The first-order valence-corrected chi connectivity index (χ1v) is 22.6. The SMILES string of the molecule is CCCCCCCCCCCCCCCCCCCC(=O)OC(COC(=O)CCCCCCCCCCCCC)COP(=O)(O)OCC(N)C(=O)O. The zero-order valence-corrected chi connectivity index (χ0v) is 34.1. The summed E-state index contributed by atoms with van der Waals surface area (Å²) in [5, 5.41) is 8.87. The van der Waals surface area contributed by atoms with Gasteiger partial charge >= 0.3 is 25.7 Å². The highest BCUT2D eigenvalue weighted by atomic mass is 31.2. The van der Waals surface area contributed by atoms with Gasteiger partial charge < -0.3 is 25.2 Å². The van der Waals surface area contributed by atoms with Crippen LogP contribution in [0.1, 0.15) is 206 Å². The number of hydrogen-bond acceptors (Lipinski definition) is 9. The van der Waals surface area contributed by atoms with Crippen molar-refractivity contribution in [1.82, 2.24) is 0 Å². The minimum absolute atomic E-state index is 0.169. The molecule has 0 radical (unpaired) electrons. The van der Waals surface area contributed by atoms with Crippen molar-refractivity contribution in [3.8, 4) is 0 Å². The van der Waals surface area contributed by atoms with Crippen LogP contribution in [0.3, 0.4) is 0 Å². The van der Waals surface area contributed by atoms with Crippen LogP contribution in [0, 0.1) is 0 Å². The van der Waals surface area contributed by atoms with Crippen LogP contribution >= 0.6 is 7.82 Å². The van der Waals surface area contributed by atoms with E-state index < -0.39 is 51.1 Å². The van der Waals surface area contributed by atoms with E-state index in [0.717, 1.165) is 38.5 Å². The average molecular weight is 764 g/mol. The van der Waals surface area contributed by atoms with Gasteiger partial charge in [0.1, 0.15) is 12.6 Å². The number of unbranched alkanes of at least 4 members (excludes halogenated alkanes) is 26. The number of aliphatic carboxylic acids is 1. The summed E-state index contributed by atoms with van der Waals surface area (Å²) in [6.45, 7) is 2.81. The summed E-state index contributed by atoms with van der Waals surface area (Å²) in [6, 6.07) is -1.52. The Bertz CT molecular complexity index is 906. The molecule has 11 nitrogen and oxygen atoms in total. The number of carbonyl (C=O) groups is 3. The molecule has 0 aliphatic carbocycles. The van der Waals surface area contributed by atoms with E-state index in [0.29, 0.717) is 12.8 Å². The third-order valence-corrected chi connectivity index (χ3v) is 10.3. The van der Waals surface area contributed by atoms with Gasteiger partial charge in [-0.3, -0.25) is 23.4 Å². The minimum atomic E-state index is -4.70. The van der Waals surface area contributed by atoms with Gasteiger partial charge in [-0.25, -0.2) is 4.57 Å². The molecule has 0 aliphatic heterocycles. The molecule has 12 heteroatoms. The smallest absolute Gasteiger partial charge is 0.472 e. The van der Waals surface area contributed by atoms with E-state index in [1.807, 2.05) is 0 Å². The number of phosphoric ester groups is 1. The van der Waals surface area contributed by atoms with Gasteiger partial charge in [0.2, 0.25) is 0 Å². The molecule has 3 unspecified atom stereocenters. The van der Waals surface area contributed by atoms with Crippen molar-refractivity contribution in [2.24, 2.45) is 5.73 Å². The van der Waals surface area contributed by atoms with Crippen LogP contribution in [0.4, 0.5) is 0 Å². The lowest BCUT2D eigenvalue weighted by atomic mass is 10.0. The molecular formula is C40H78NO10P. The Hall–Kier alpha value is -1.52. The number of carboxylic acid groups (broad SMARTS) is 1. The Kier molecular flexibility index (Phi) is 35.4. The molecule has 0 aliphatic rings. The van der Waals surface area contributed by atoms with Gasteiger partial charge in [-0.2, -0.15) is 0 Å². The minimum Gasteiger partial charge on any atom is -0.480 e. The first-order valence-electron chi connectivity index (χ1n) is 21.1. The highest BCUT2D eigenvalue weighted by molar-refractivity contribution is 7.47. The Morgan fingerprint density at radius 1 is 0.519 bits per heavy atom. The van der Waals surface area contributed by atoms with Gasteiger partial charge in [-0.05, 0) is 12.8 Å². The maximum atomic E-state index is 12.6. The topological polar surface area (TPSA) is 172 Å². The molecule has 0 aromatic heterocycles. The monoisotopic (exact) mass is 764 g/mol. The van der Waals surface area contributed by atoms with Crippen LogP contribution in [0.15, 0.2) is 0 Å². The lowest BCUT2D eigenvalue weighted by Gasteiger charge is -2.20. The molecule has 0 aromatic rings. The Labute approximate surface area is 316 Å². The van der Waals surface area contributed by atoms with Gasteiger partial charge in [0, 0.05) is 12.8 Å². The van der Waals surface area contributed by atoms with E-state index in [2.05, 4.69) is 18.4 Å². The quantitative estimate of drug-likeness (QED) is 0.0308. The van der Waals surface area contributed by atoms with E-state index in [4.69, 9.17) is 24.8 Å². The van der Waals surface area contributed by atoms with E-state index >= 15 is 0 Å². The van der Waals surface area contributed by atoms with Crippen LogP contribution in [-0.4, -0.2) is 59.9 Å². The molecule has 3 atom stereocenters. The van der Waals surface area contributed by atoms with Crippen molar-refractivity contribution in [2.45, 2.75) is 219 Å². The molecule has 0 spiro atoms. The molecule has 0 saturated carbocycles. The molecule has 0 aromatic carbocycles. The maximum Gasteiger partial charge on any atom is 0.472 e. The molecule has 0 amide bonds. The Morgan fingerprint density at radius 3 is 1.21 bits per heavy atom. The predicted molar refractivity (Wildman–Crippen MR) is 208 cm³/mol. The molecule has 0 fully saturated rings. The fraction of sp³-hybridized carbons (Fsp3) is 0.925. The number of rotatable bonds is 40. The highest BCUT2D eigenvalue weighted by Gasteiger charge is 2.28. The van der Waals surface area contributed by atoms with Gasteiger partial charge in [0.15, 0.2) is 6.10 Å². The van der Waals surface area contributed by atoms with Crippen molar-refractivity contribution < 1.29 is 47.5 Å². The van der Waals surface area contributed by atoms with E-state index in [1.165, 1.54) is 128 Å². The summed E-state index contributed by atoms with van der Waals surface area (Å²) in [5.41, 5.74) is 5.32. The third kappa shape index (κ3) is 35.5. The number of phosphoric acid groups is 1. The maximum absolute atomic E-state index is 12.6. The number of nitrogens with two attached hydrogens (primary N) is 1. The molecule has 0 heterocycles. The number of esters is 2. The van der Waals surface area contributed by atoms with Gasteiger partial charge in [0.25, 0.3) is 0 Å². The summed E-state index contributed by atoms with van der Waals surface area (Å²) >= 11 is 0. The second kappa shape index (κ2) is 36.5. The van der Waals surface area contributed by atoms with Gasteiger partial charge in [0.05, 0.1) is 13.2 Å². The fourth-order valence-electron chi connectivity index (χ4n) is 6.01. The molecule has 0 saturated heterocycles. The predicted octanol–water partition coefficient (Wildman–Crippen LogP) is 10.7. The summed E-state index contributed by atoms with van der Waals surface area (Å²) in [7, 11) is -4.70. The Morgan fingerprint density at radius 2 is 0.846 bits per heavy atom. The van der Waals surface area contributed by atoms with E-state index in [-0.39, 0.29) is 19.4 Å². The molecular weight excluding hydrogens is 685 g/mol. The van der Waals surface area contributed by atoms with Crippen molar-refractivity contribution >= 4 is 25.7 Å². The van der Waals surface area contributed by atoms with Gasteiger partial charge in [-0.15, -0.1) is 0 Å². The zero-order chi connectivity index (χ0) is 38.5. The zero-order valence-electron chi connectivity index (χ0n) is 33.2. The van der Waals surface area contributed by atoms with Crippen molar-refractivity contribution in [3.63, 3.8) is 0 Å². The average Bonchev–Trinajstić information content (AvgIpc) is 3.12. The molecule has 0 bridgehead atoms. The fourth-order valence-corrected chi connectivity index (χ4v) is 6.79. The van der Waals surface area contributed by atoms with Gasteiger partial charge in [-0.1, -0.05) is 181 Å². The van der Waals surface area contributed by atoms with Crippen LogP contribution in [-0.2, 0) is 37.5 Å². The second-order valence-electron chi connectivity index (χ2n) is 14.5. The molecule has 308 valence electrons. The first-order chi connectivity index (χ1) is 25.1. The lowest BCUT2D eigenvalue weighted by Crippen LogP contribution is -2.34. The van der Waals surface area contributed by atoms with Crippen LogP contribution in [0.5, 0.6) is 0 Å². The third-order valence-electron chi connectivity index (χ3n) is 9.36. The van der Waals surface area contributed by atoms with Crippen molar-refractivity contribution in [2.75, 3.05) is 19.8 Å². The number of hydrogen-bond donors (Lipinski definition) is 3. The van der Waals surface area contributed by atoms with E-state index in [1.54, 1.807) is 0 Å².